The smallest absolute Gasteiger partial charge is 0.288 e. The molecule has 0 saturated heterocycles. The second-order valence-corrected chi connectivity index (χ2v) is 5.85. The molecule has 0 bridgehead atoms. The van der Waals surface area contributed by atoms with E-state index in [-0.39, 0.29) is 17.7 Å². The van der Waals surface area contributed by atoms with Crippen LogP contribution in [0.1, 0.15) is 31.3 Å². The van der Waals surface area contributed by atoms with Gasteiger partial charge in [-0.3, -0.25) is 14.6 Å². The van der Waals surface area contributed by atoms with E-state index < -0.39 is 0 Å². The van der Waals surface area contributed by atoms with Gasteiger partial charge in [0.05, 0.1) is 5.75 Å². The van der Waals surface area contributed by atoms with Gasteiger partial charge in [0, 0.05) is 11.4 Å². The Balaban J connectivity index is 1.89. The third-order valence-corrected chi connectivity index (χ3v) is 3.42. The molecule has 112 valence electrons. The molecule has 0 saturated carbocycles. The standard InChI is InChI=1S/C13H17N5O2S/c1-8(2)18-6-12(20-17-18)16-11(19)7-21-13-14-9(3)5-10(4)15-13/h5-6,8H,7H2,1-4H3/p+1. The summed E-state index contributed by atoms with van der Waals surface area (Å²) in [5.74, 6) is 0.358. The Morgan fingerprint density at radius 2 is 2.05 bits per heavy atom. The predicted molar refractivity (Wildman–Crippen MR) is 77.9 cm³/mol. The lowest BCUT2D eigenvalue weighted by molar-refractivity contribution is -0.779. The van der Waals surface area contributed by atoms with Crippen molar-refractivity contribution in [1.82, 2.24) is 15.2 Å². The number of carbonyl (C=O) groups excluding carboxylic acids is 1. The lowest BCUT2D eigenvalue weighted by Gasteiger charge is -2.02. The van der Waals surface area contributed by atoms with Crippen molar-refractivity contribution in [1.29, 1.82) is 0 Å². The maximum Gasteiger partial charge on any atom is 0.302 e. The summed E-state index contributed by atoms with van der Waals surface area (Å²) in [6, 6.07) is 2.07. The lowest BCUT2D eigenvalue weighted by atomic mass is 10.4. The fourth-order valence-corrected chi connectivity index (χ4v) is 2.37. The Labute approximate surface area is 127 Å². The zero-order valence-electron chi connectivity index (χ0n) is 12.5. The molecule has 0 aliphatic heterocycles. The average molecular weight is 308 g/mol. The number of carbonyl (C=O) groups is 1. The highest BCUT2D eigenvalue weighted by molar-refractivity contribution is 7.99. The number of aromatic nitrogens is 4. The van der Waals surface area contributed by atoms with Crippen molar-refractivity contribution in [3.8, 4) is 0 Å². The van der Waals surface area contributed by atoms with Gasteiger partial charge in [0.2, 0.25) is 11.2 Å². The molecule has 21 heavy (non-hydrogen) atoms. The van der Waals surface area contributed by atoms with Gasteiger partial charge in [-0.05, 0) is 38.4 Å². The van der Waals surface area contributed by atoms with Crippen LogP contribution in [-0.4, -0.2) is 26.9 Å². The second kappa shape index (κ2) is 6.66. The van der Waals surface area contributed by atoms with Crippen molar-refractivity contribution in [3.05, 3.63) is 23.7 Å². The molecule has 1 amide bonds. The number of thioether (sulfide) groups is 1. The maximum absolute atomic E-state index is 11.9. The largest absolute Gasteiger partial charge is 0.302 e. The van der Waals surface area contributed by atoms with Crippen LogP contribution in [0.2, 0.25) is 0 Å². The highest BCUT2D eigenvalue weighted by Gasteiger charge is 2.17. The predicted octanol–water partition coefficient (Wildman–Crippen LogP) is 1.68. The van der Waals surface area contributed by atoms with E-state index >= 15 is 0 Å². The van der Waals surface area contributed by atoms with Crippen molar-refractivity contribution < 1.29 is 14.0 Å². The summed E-state index contributed by atoms with van der Waals surface area (Å²) in [6.45, 7) is 7.75. The molecule has 0 spiro atoms. The minimum Gasteiger partial charge on any atom is -0.288 e. The number of hydrogen-bond donors (Lipinski definition) is 1. The summed E-state index contributed by atoms with van der Waals surface area (Å²) < 4.78 is 6.66. The molecule has 0 radical (unpaired) electrons. The van der Waals surface area contributed by atoms with E-state index in [4.69, 9.17) is 4.52 Å². The monoisotopic (exact) mass is 308 g/mol. The van der Waals surface area contributed by atoms with Gasteiger partial charge in [-0.15, -0.1) is 0 Å². The first-order valence-corrected chi connectivity index (χ1v) is 7.55. The number of amides is 1. The van der Waals surface area contributed by atoms with Crippen LogP contribution >= 0.6 is 11.8 Å². The third-order valence-electron chi connectivity index (χ3n) is 2.57. The molecule has 0 aliphatic carbocycles. The first-order valence-electron chi connectivity index (χ1n) is 6.57. The molecule has 1 N–H and O–H groups in total. The van der Waals surface area contributed by atoms with Crippen molar-refractivity contribution in [2.75, 3.05) is 11.1 Å². The van der Waals surface area contributed by atoms with E-state index in [1.54, 1.807) is 10.9 Å². The number of nitrogens with zero attached hydrogens (tertiary/aromatic N) is 4. The molecule has 2 aromatic rings. The molecule has 7 nitrogen and oxygen atoms in total. The van der Waals surface area contributed by atoms with Gasteiger partial charge < -0.3 is 0 Å². The van der Waals surface area contributed by atoms with Gasteiger partial charge in [-0.25, -0.2) is 9.97 Å². The summed E-state index contributed by atoms with van der Waals surface area (Å²) in [5.41, 5.74) is 1.78. The van der Waals surface area contributed by atoms with Gasteiger partial charge in [0.15, 0.2) is 11.2 Å². The molecule has 0 fully saturated rings. The van der Waals surface area contributed by atoms with Crippen LogP contribution in [0.25, 0.3) is 0 Å². The van der Waals surface area contributed by atoms with Crippen molar-refractivity contribution in [2.45, 2.75) is 38.9 Å². The Hall–Kier alpha value is -1.96. The minimum atomic E-state index is -0.185. The molecular formula is C13H18N5O2S+. The first-order chi connectivity index (χ1) is 9.94. The highest BCUT2D eigenvalue weighted by atomic mass is 32.2. The van der Waals surface area contributed by atoms with Gasteiger partial charge in [0.1, 0.15) is 0 Å². The molecule has 0 aromatic carbocycles. The van der Waals surface area contributed by atoms with Crippen LogP contribution in [-0.2, 0) is 4.79 Å². The summed E-state index contributed by atoms with van der Waals surface area (Å²) in [5, 5.41) is 7.05. The second-order valence-electron chi connectivity index (χ2n) is 4.91. The van der Waals surface area contributed by atoms with Crippen molar-refractivity contribution >= 4 is 23.6 Å². The number of rotatable bonds is 5. The Kier molecular flexibility index (Phi) is 4.89. The molecule has 0 atom stereocenters. The normalized spacial score (nSPS) is 10.9. The number of nitrogens with one attached hydrogen (secondary N) is 1. The molecule has 2 rings (SSSR count). The van der Waals surface area contributed by atoms with E-state index in [0.29, 0.717) is 11.0 Å². The van der Waals surface area contributed by atoms with E-state index in [2.05, 4.69) is 20.6 Å². The van der Waals surface area contributed by atoms with Crippen LogP contribution in [0.4, 0.5) is 5.88 Å². The van der Waals surface area contributed by atoms with E-state index in [1.165, 1.54) is 11.8 Å². The number of aryl methyl sites for hydroxylation is 2. The minimum absolute atomic E-state index is 0.178. The SMILES string of the molecule is Cc1cc(C)nc(SCC(=O)Nc2c[n+](C(C)C)no2)n1. The fraction of sp³-hybridized carbons (Fsp3) is 0.462. The summed E-state index contributed by atoms with van der Waals surface area (Å²) >= 11 is 1.29. The van der Waals surface area contributed by atoms with E-state index in [9.17, 15) is 4.79 Å². The van der Waals surface area contributed by atoms with Crippen molar-refractivity contribution in [2.24, 2.45) is 0 Å². The van der Waals surface area contributed by atoms with Crippen LogP contribution in [0.15, 0.2) is 21.9 Å². The quantitative estimate of drug-likeness (QED) is 0.514. The molecule has 2 heterocycles. The van der Waals surface area contributed by atoms with Crippen LogP contribution in [0.3, 0.4) is 0 Å². The van der Waals surface area contributed by atoms with E-state index in [1.807, 2.05) is 33.8 Å². The Morgan fingerprint density at radius 3 is 2.62 bits per heavy atom. The fourth-order valence-electron chi connectivity index (χ4n) is 1.62. The Bertz CT molecular complexity index is 621. The van der Waals surface area contributed by atoms with Crippen LogP contribution < -0.4 is 10.00 Å². The molecule has 0 unspecified atom stereocenters. The number of anilines is 1. The zero-order valence-corrected chi connectivity index (χ0v) is 13.3. The average Bonchev–Trinajstić information content (AvgIpc) is 2.84. The molecule has 2 aromatic heterocycles. The number of hydrogen-bond acceptors (Lipinski definition) is 6. The topological polar surface area (TPSA) is 84.8 Å². The summed E-state index contributed by atoms with van der Waals surface area (Å²) in [7, 11) is 0. The van der Waals surface area contributed by atoms with Gasteiger partial charge in [-0.1, -0.05) is 11.8 Å². The van der Waals surface area contributed by atoms with E-state index in [0.717, 1.165) is 11.4 Å². The van der Waals surface area contributed by atoms with Gasteiger partial charge >= 0.3 is 5.88 Å². The molecule has 8 heteroatoms. The summed E-state index contributed by atoms with van der Waals surface area (Å²) in [6.07, 6.45) is 1.65. The summed E-state index contributed by atoms with van der Waals surface area (Å²) in [4.78, 5) is 20.4. The zero-order chi connectivity index (χ0) is 15.4. The molecular weight excluding hydrogens is 290 g/mol. The highest BCUT2D eigenvalue weighted by Crippen LogP contribution is 2.14. The maximum atomic E-state index is 11.9. The lowest BCUT2D eigenvalue weighted by Crippen LogP contribution is -2.36. The van der Waals surface area contributed by atoms with Crippen LogP contribution in [0.5, 0.6) is 0 Å². The van der Waals surface area contributed by atoms with Gasteiger partial charge in [-0.2, -0.15) is 0 Å². The van der Waals surface area contributed by atoms with Crippen LogP contribution in [0, 0.1) is 13.8 Å². The Morgan fingerprint density at radius 1 is 1.38 bits per heavy atom. The van der Waals surface area contributed by atoms with Gasteiger partial charge in [0.25, 0.3) is 6.20 Å². The molecule has 0 aliphatic rings. The third kappa shape index (κ3) is 4.52. The van der Waals surface area contributed by atoms with Crippen molar-refractivity contribution in [3.63, 3.8) is 0 Å². The first kappa shape index (κ1) is 15.4.